The number of amides is 2. The van der Waals surface area contributed by atoms with Crippen LogP contribution in [0.1, 0.15) is 36.8 Å². The van der Waals surface area contributed by atoms with Crippen molar-refractivity contribution < 1.29 is 9.59 Å². The molecular weight excluding hydrogens is 278 g/mol. The summed E-state index contributed by atoms with van der Waals surface area (Å²) in [7, 11) is 0. The Morgan fingerprint density at radius 2 is 1.90 bits per heavy atom. The zero-order chi connectivity index (χ0) is 15.1. The van der Waals surface area contributed by atoms with Crippen molar-refractivity contribution in [3.8, 4) is 0 Å². The Morgan fingerprint density at radius 3 is 2.45 bits per heavy atom. The molecule has 1 aromatic heterocycles. The molecule has 1 aromatic rings. The molecule has 0 spiro atoms. The number of pyridine rings is 1. The average Bonchev–Trinajstić information content (AvgIpc) is 2.45. The smallest absolute Gasteiger partial charge is 0.251 e. The molecule has 0 aliphatic heterocycles. The highest BCUT2D eigenvalue weighted by Gasteiger charge is 2.13. The Morgan fingerprint density at radius 1 is 1.25 bits per heavy atom. The molecule has 0 saturated carbocycles. The Kier molecular flexibility index (Phi) is 6.45. The summed E-state index contributed by atoms with van der Waals surface area (Å²) in [4.78, 5) is 29.6. The van der Waals surface area contributed by atoms with Crippen LogP contribution in [0.2, 0.25) is 5.15 Å². The third-order valence-electron chi connectivity index (χ3n) is 2.99. The summed E-state index contributed by atoms with van der Waals surface area (Å²) in [6, 6.07) is 3.18. The van der Waals surface area contributed by atoms with Gasteiger partial charge in [-0.05, 0) is 32.4 Å². The van der Waals surface area contributed by atoms with Crippen molar-refractivity contribution in [2.24, 2.45) is 0 Å². The lowest BCUT2D eigenvalue weighted by atomic mass is 10.2. The third kappa shape index (κ3) is 4.49. The Labute approximate surface area is 124 Å². The SMILES string of the molecule is CCc1cc(C(=O)NCC(=O)N(CC)CC)cc(Cl)n1. The van der Waals surface area contributed by atoms with E-state index in [1.165, 1.54) is 6.07 Å². The zero-order valence-corrected chi connectivity index (χ0v) is 12.8. The fourth-order valence-electron chi connectivity index (χ4n) is 1.81. The number of carbonyl (C=O) groups excluding carboxylic acids is 2. The molecule has 0 saturated heterocycles. The fraction of sp³-hybridized carbons (Fsp3) is 0.500. The average molecular weight is 298 g/mol. The molecule has 5 nitrogen and oxygen atoms in total. The zero-order valence-electron chi connectivity index (χ0n) is 12.1. The second-order valence-electron chi connectivity index (χ2n) is 4.27. The minimum absolute atomic E-state index is 0.0120. The van der Waals surface area contributed by atoms with Crippen molar-refractivity contribution in [2.75, 3.05) is 19.6 Å². The second-order valence-corrected chi connectivity index (χ2v) is 4.66. The van der Waals surface area contributed by atoms with E-state index in [4.69, 9.17) is 11.6 Å². The van der Waals surface area contributed by atoms with Gasteiger partial charge in [-0.1, -0.05) is 18.5 Å². The van der Waals surface area contributed by atoms with Crippen LogP contribution in [0.4, 0.5) is 0 Å². The number of hydrogen-bond acceptors (Lipinski definition) is 3. The van der Waals surface area contributed by atoms with E-state index in [0.29, 0.717) is 25.1 Å². The molecule has 6 heteroatoms. The third-order valence-corrected chi connectivity index (χ3v) is 3.18. The molecule has 0 atom stereocenters. The van der Waals surface area contributed by atoms with Crippen LogP contribution in [0.5, 0.6) is 0 Å². The van der Waals surface area contributed by atoms with E-state index in [2.05, 4.69) is 10.3 Å². The van der Waals surface area contributed by atoms with Crippen LogP contribution in [0.15, 0.2) is 12.1 Å². The summed E-state index contributed by atoms with van der Waals surface area (Å²) < 4.78 is 0. The molecule has 110 valence electrons. The fourth-order valence-corrected chi connectivity index (χ4v) is 2.04. The number of hydrogen-bond donors (Lipinski definition) is 1. The Balaban J connectivity index is 2.67. The van der Waals surface area contributed by atoms with Gasteiger partial charge in [-0.3, -0.25) is 9.59 Å². The van der Waals surface area contributed by atoms with Crippen molar-refractivity contribution in [3.63, 3.8) is 0 Å². The molecule has 0 fully saturated rings. The van der Waals surface area contributed by atoms with Crippen LogP contribution in [-0.4, -0.2) is 41.3 Å². The maximum atomic E-state index is 12.0. The predicted molar refractivity (Wildman–Crippen MR) is 78.9 cm³/mol. The van der Waals surface area contributed by atoms with Gasteiger partial charge in [0.15, 0.2) is 0 Å². The Bertz CT molecular complexity index is 487. The number of nitrogens with one attached hydrogen (secondary N) is 1. The van der Waals surface area contributed by atoms with Crippen LogP contribution in [0, 0.1) is 0 Å². The normalized spacial score (nSPS) is 10.2. The maximum Gasteiger partial charge on any atom is 0.251 e. The standard InChI is InChI=1S/C14H20ClN3O2/c1-4-11-7-10(8-12(15)17-11)14(20)16-9-13(19)18(5-2)6-3/h7-8H,4-6,9H2,1-3H3,(H,16,20). The summed E-state index contributed by atoms with van der Waals surface area (Å²) in [5.74, 6) is -0.413. The van der Waals surface area contributed by atoms with E-state index in [0.717, 1.165) is 5.69 Å². The molecule has 0 bridgehead atoms. The number of nitrogens with zero attached hydrogens (tertiary/aromatic N) is 2. The van der Waals surface area contributed by atoms with Crippen LogP contribution in [-0.2, 0) is 11.2 Å². The number of aryl methyl sites for hydroxylation is 1. The van der Waals surface area contributed by atoms with E-state index in [-0.39, 0.29) is 23.5 Å². The molecule has 0 aliphatic carbocycles. The quantitative estimate of drug-likeness (QED) is 0.816. The lowest BCUT2D eigenvalue weighted by Crippen LogP contribution is -2.40. The van der Waals surface area contributed by atoms with Crippen molar-refractivity contribution in [2.45, 2.75) is 27.2 Å². The summed E-state index contributed by atoms with van der Waals surface area (Å²) in [6.45, 7) is 6.99. The van der Waals surface area contributed by atoms with Crippen molar-refractivity contribution in [3.05, 3.63) is 28.5 Å². The molecule has 0 aromatic carbocycles. The van der Waals surface area contributed by atoms with Crippen LogP contribution in [0.25, 0.3) is 0 Å². The second kappa shape index (κ2) is 7.85. The number of rotatable bonds is 6. The van der Waals surface area contributed by atoms with Gasteiger partial charge in [0.05, 0.1) is 6.54 Å². The topological polar surface area (TPSA) is 62.3 Å². The van der Waals surface area contributed by atoms with Gasteiger partial charge in [-0.15, -0.1) is 0 Å². The monoisotopic (exact) mass is 297 g/mol. The molecule has 0 radical (unpaired) electrons. The molecule has 20 heavy (non-hydrogen) atoms. The summed E-state index contributed by atoms with van der Waals surface area (Å²) in [5, 5.41) is 2.89. The first-order valence-electron chi connectivity index (χ1n) is 6.74. The lowest BCUT2D eigenvalue weighted by molar-refractivity contribution is -0.129. The lowest BCUT2D eigenvalue weighted by Gasteiger charge is -2.18. The van der Waals surface area contributed by atoms with E-state index in [9.17, 15) is 9.59 Å². The Hall–Kier alpha value is -1.62. The van der Waals surface area contributed by atoms with Crippen LogP contribution >= 0.6 is 11.6 Å². The van der Waals surface area contributed by atoms with Crippen molar-refractivity contribution in [1.29, 1.82) is 0 Å². The highest BCUT2D eigenvalue weighted by Crippen LogP contribution is 2.11. The number of carbonyl (C=O) groups is 2. The van der Waals surface area contributed by atoms with Gasteiger partial charge in [0.1, 0.15) is 5.15 Å². The van der Waals surface area contributed by atoms with E-state index >= 15 is 0 Å². The largest absolute Gasteiger partial charge is 0.343 e. The van der Waals surface area contributed by atoms with Crippen LogP contribution < -0.4 is 5.32 Å². The first-order valence-corrected chi connectivity index (χ1v) is 7.12. The van der Waals surface area contributed by atoms with E-state index in [1.807, 2.05) is 20.8 Å². The number of halogens is 1. The number of aromatic nitrogens is 1. The molecule has 1 rings (SSSR count). The summed E-state index contributed by atoms with van der Waals surface area (Å²) in [5.41, 5.74) is 1.17. The first-order chi connectivity index (χ1) is 9.51. The van der Waals surface area contributed by atoms with Crippen LogP contribution in [0.3, 0.4) is 0 Å². The van der Waals surface area contributed by atoms with Gasteiger partial charge < -0.3 is 10.2 Å². The molecule has 2 amide bonds. The van der Waals surface area contributed by atoms with Gasteiger partial charge >= 0.3 is 0 Å². The van der Waals surface area contributed by atoms with E-state index < -0.39 is 0 Å². The minimum atomic E-state index is -0.315. The van der Waals surface area contributed by atoms with Crippen molar-refractivity contribution >= 4 is 23.4 Å². The van der Waals surface area contributed by atoms with Gasteiger partial charge in [-0.25, -0.2) is 4.98 Å². The van der Waals surface area contributed by atoms with E-state index in [1.54, 1.807) is 11.0 Å². The highest BCUT2D eigenvalue weighted by atomic mass is 35.5. The number of likely N-dealkylation sites (N-methyl/N-ethyl adjacent to an activating group) is 1. The molecule has 1 N–H and O–H groups in total. The molecular formula is C14H20ClN3O2. The van der Waals surface area contributed by atoms with Gasteiger partial charge in [0.25, 0.3) is 5.91 Å². The van der Waals surface area contributed by atoms with Gasteiger partial charge in [0.2, 0.25) is 5.91 Å². The molecule has 0 unspecified atom stereocenters. The molecule has 0 aliphatic rings. The maximum absolute atomic E-state index is 12.0. The minimum Gasteiger partial charge on any atom is -0.343 e. The molecule has 1 heterocycles. The first kappa shape index (κ1) is 16.4. The summed E-state index contributed by atoms with van der Waals surface area (Å²) >= 11 is 5.86. The highest BCUT2D eigenvalue weighted by molar-refractivity contribution is 6.29. The summed E-state index contributed by atoms with van der Waals surface area (Å²) in [6.07, 6.45) is 0.694. The van der Waals surface area contributed by atoms with Gasteiger partial charge in [-0.2, -0.15) is 0 Å². The van der Waals surface area contributed by atoms with Gasteiger partial charge in [0, 0.05) is 24.3 Å². The predicted octanol–water partition coefficient (Wildman–Crippen LogP) is 1.90. The van der Waals surface area contributed by atoms with Crippen molar-refractivity contribution in [1.82, 2.24) is 15.2 Å².